The molecule has 0 amide bonds. The van der Waals surface area contributed by atoms with E-state index in [1.54, 1.807) is 0 Å². The lowest BCUT2D eigenvalue weighted by molar-refractivity contribution is -0.0671. The van der Waals surface area contributed by atoms with E-state index in [-0.39, 0.29) is 16.9 Å². The van der Waals surface area contributed by atoms with Crippen molar-refractivity contribution in [1.29, 1.82) is 0 Å². The Kier molecular flexibility index (Phi) is 5.52. The Labute approximate surface area is 171 Å². The average molecular weight is 386 g/mol. The predicted molar refractivity (Wildman–Crippen MR) is 115 cm³/mol. The first-order chi connectivity index (χ1) is 13.3. The highest BCUT2D eigenvalue weighted by Gasteiger charge is 2.56. The first-order valence-electron chi connectivity index (χ1n) is 11.5. The molecule has 0 unspecified atom stereocenters. The number of phenols is 1. The maximum atomic E-state index is 10.5. The van der Waals surface area contributed by atoms with Gasteiger partial charge in [0, 0.05) is 24.6 Å². The summed E-state index contributed by atoms with van der Waals surface area (Å²) < 4.78 is 6.32. The molecule has 3 atom stereocenters. The van der Waals surface area contributed by atoms with Crippen molar-refractivity contribution in [2.45, 2.75) is 90.2 Å². The van der Waals surface area contributed by atoms with Crippen molar-refractivity contribution in [3.63, 3.8) is 0 Å². The van der Waals surface area contributed by atoms with E-state index in [9.17, 15) is 5.11 Å². The van der Waals surface area contributed by atoms with Gasteiger partial charge in [-0.3, -0.25) is 4.90 Å². The fourth-order valence-corrected chi connectivity index (χ4v) is 6.29. The van der Waals surface area contributed by atoms with Crippen molar-refractivity contribution in [2.24, 2.45) is 11.3 Å². The molecule has 2 fully saturated rings. The fourth-order valence-electron chi connectivity index (χ4n) is 6.29. The maximum Gasteiger partial charge on any atom is 0.119 e. The molecule has 28 heavy (non-hydrogen) atoms. The molecule has 3 heteroatoms. The van der Waals surface area contributed by atoms with E-state index in [2.05, 4.69) is 38.7 Å². The molecule has 1 N–H and O–H groups in total. The minimum Gasteiger partial charge on any atom is -0.508 e. The average Bonchev–Trinajstić information content (AvgIpc) is 2.67. The molecule has 3 aliphatic rings. The molecule has 2 bridgehead atoms. The largest absolute Gasteiger partial charge is 0.508 e. The van der Waals surface area contributed by atoms with Gasteiger partial charge in [0.05, 0.1) is 6.10 Å². The molecule has 0 radical (unpaired) electrons. The van der Waals surface area contributed by atoms with Crippen molar-refractivity contribution >= 4 is 0 Å². The van der Waals surface area contributed by atoms with Gasteiger partial charge in [-0.25, -0.2) is 0 Å². The van der Waals surface area contributed by atoms with E-state index in [4.69, 9.17) is 4.74 Å². The first-order valence-corrected chi connectivity index (χ1v) is 11.5. The molecule has 1 saturated carbocycles. The summed E-state index contributed by atoms with van der Waals surface area (Å²) >= 11 is 0. The van der Waals surface area contributed by atoms with Crippen LogP contribution >= 0.6 is 0 Å². The SMILES string of the molecule is C[C@@H](CN1CC[C@@]2(C)c3cccc(O)c3C[C@@H]1C2(C)C)OCC1CCCCC1. The van der Waals surface area contributed by atoms with Crippen molar-refractivity contribution in [2.75, 3.05) is 19.7 Å². The Bertz CT molecular complexity index is 694. The number of rotatable bonds is 5. The van der Waals surface area contributed by atoms with Crippen LogP contribution in [0.1, 0.15) is 77.3 Å². The zero-order chi connectivity index (χ0) is 19.9. The standard InChI is InChI=1S/C25H39NO2/c1-18(28-17-19-9-6-5-7-10-19)16-26-14-13-25(4)21-11-8-12-22(27)20(21)15-23(26)24(25,2)3/h8,11-12,18-19,23,27H,5-7,9-10,13-17H2,1-4H3/t18-,23+,25-/m0/s1. The van der Waals surface area contributed by atoms with Crippen LogP contribution in [0.25, 0.3) is 0 Å². The van der Waals surface area contributed by atoms with Gasteiger partial charge in [0.25, 0.3) is 0 Å². The zero-order valence-corrected chi connectivity index (χ0v) is 18.3. The van der Waals surface area contributed by atoms with Crippen molar-refractivity contribution < 1.29 is 9.84 Å². The lowest BCUT2D eigenvalue weighted by atomic mass is 9.51. The number of aromatic hydroxyl groups is 1. The van der Waals surface area contributed by atoms with Gasteiger partial charge in [0.1, 0.15) is 5.75 Å². The van der Waals surface area contributed by atoms with Gasteiger partial charge in [-0.15, -0.1) is 0 Å². The monoisotopic (exact) mass is 385 g/mol. The normalized spacial score (nSPS) is 31.4. The Morgan fingerprint density at radius 3 is 2.68 bits per heavy atom. The Morgan fingerprint density at radius 1 is 1.18 bits per heavy atom. The molecule has 156 valence electrons. The highest BCUT2D eigenvalue weighted by Crippen LogP contribution is 2.57. The summed E-state index contributed by atoms with van der Waals surface area (Å²) in [5.41, 5.74) is 2.84. The summed E-state index contributed by atoms with van der Waals surface area (Å²) in [6.07, 6.45) is 9.22. The molecule has 2 aliphatic carbocycles. The Hall–Kier alpha value is -1.06. The molecule has 1 saturated heterocycles. The number of piperidine rings is 1. The van der Waals surface area contributed by atoms with Crippen LogP contribution in [0.3, 0.4) is 0 Å². The molecule has 1 aromatic carbocycles. The number of ether oxygens (including phenoxy) is 1. The summed E-state index contributed by atoms with van der Waals surface area (Å²) in [4.78, 5) is 2.66. The number of likely N-dealkylation sites (tertiary alicyclic amines) is 1. The van der Waals surface area contributed by atoms with E-state index in [1.807, 2.05) is 12.1 Å². The third kappa shape index (κ3) is 3.39. The molecule has 3 nitrogen and oxygen atoms in total. The van der Waals surface area contributed by atoms with E-state index >= 15 is 0 Å². The number of hydrogen-bond acceptors (Lipinski definition) is 3. The summed E-state index contributed by atoms with van der Waals surface area (Å²) in [7, 11) is 0. The van der Waals surface area contributed by atoms with Crippen LogP contribution in [0.5, 0.6) is 5.75 Å². The van der Waals surface area contributed by atoms with Crippen LogP contribution in [-0.2, 0) is 16.6 Å². The number of phenolic OH excluding ortho intramolecular Hbond substituents is 1. The maximum absolute atomic E-state index is 10.5. The molecule has 0 spiro atoms. The van der Waals surface area contributed by atoms with E-state index in [0.717, 1.165) is 38.5 Å². The summed E-state index contributed by atoms with van der Waals surface area (Å²) in [5.74, 6) is 1.25. The molecular formula is C25H39NO2. The molecule has 1 aliphatic heterocycles. The highest BCUT2D eigenvalue weighted by atomic mass is 16.5. The van der Waals surface area contributed by atoms with E-state index in [0.29, 0.717) is 11.8 Å². The minimum atomic E-state index is 0.118. The summed E-state index contributed by atoms with van der Waals surface area (Å²) in [5, 5.41) is 10.5. The number of benzene rings is 1. The Morgan fingerprint density at radius 2 is 1.93 bits per heavy atom. The van der Waals surface area contributed by atoms with E-state index in [1.165, 1.54) is 43.2 Å². The van der Waals surface area contributed by atoms with Crippen molar-refractivity contribution in [1.82, 2.24) is 4.90 Å². The van der Waals surface area contributed by atoms with Crippen LogP contribution in [0.2, 0.25) is 0 Å². The van der Waals surface area contributed by atoms with Gasteiger partial charge in [0.15, 0.2) is 0 Å². The van der Waals surface area contributed by atoms with Gasteiger partial charge in [-0.05, 0) is 67.7 Å². The molecular weight excluding hydrogens is 346 g/mol. The van der Waals surface area contributed by atoms with Crippen LogP contribution in [0.4, 0.5) is 0 Å². The molecule has 1 aromatic rings. The minimum absolute atomic E-state index is 0.118. The summed E-state index contributed by atoms with van der Waals surface area (Å²) in [6, 6.07) is 6.58. The van der Waals surface area contributed by atoms with Crippen LogP contribution < -0.4 is 0 Å². The van der Waals surface area contributed by atoms with Gasteiger partial charge in [0.2, 0.25) is 0 Å². The van der Waals surface area contributed by atoms with Gasteiger partial charge in [-0.2, -0.15) is 0 Å². The van der Waals surface area contributed by atoms with Gasteiger partial charge >= 0.3 is 0 Å². The van der Waals surface area contributed by atoms with E-state index < -0.39 is 0 Å². The fraction of sp³-hybridized carbons (Fsp3) is 0.760. The van der Waals surface area contributed by atoms with Crippen LogP contribution in [0.15, 0.2) is 18.2 Å². The third-order valence-corrected chi connectivity index (χ3v) is 8.57. The zero-order valence-electron chi connectivity index (χ0n) is 18.3. The lowest BCUT2D eigenvalue weighted by Gasteiger charge is -2.61. The molecule has 0 aromatic heterocycles. The smallest absolute Gasteiger partial charge is 0.119 e. The van der Waals surface area contributed by atoms with Crippen LogP contribution in [-0.4, -0.2) is 41.8 Å². The topological polar surface area (TPSA) is 32.7 Å². The second-order valence-electron chi connectivity index (χ2n) is 10.5. The number of fused-ring (bicyclic) bond motifs is 4. The second kappa shape index (κ2) is 7.65. The lowest BCUT2D eigenvalue weighted by Crippen LogP contribution is -2.64. The van der Waals surface area contributed by atoms with Crippen molar-refractivity contribution in [3.05, 3.63) is 29.3 Å². The van der Waals surface area contributed by atoms with Gasteiger partial charge < -0.3 is 9.84 Å². The third-order valence-electron chi connectivity index (χ3n) is 8.57. The number of hydrogen-bond donors (Lipinski definition) is 1. The van der Waals surface area contributed by atoms with Crippen molar-refractivity contribution in [3.8, 4) is 5.75 Å². The van der Waals surface area contributed by atoms with Gasteiger partial charge in [-0.1, -0.05) is 52.2 Å². The number of nitrogens with zero attached hydrogens (tertiary/aromatic N) is 1. The Balaban J connectivity index is 1.47. The highest BCUT2D eigenvalue weighted by molar-refractivity contribution is 5.48. The van der Waals surface area contributed by atoms with Crippen LogP contribution in [0, 0.1) is 11.3 Å². The predicted octanol–water partition coefficient (Wildman–Crippen LogP) is 5.29. The quantitative estimate of drug-likeness (QED) is 0.747. The second-order valence-corrected chi connectivity index (χ2v) is 10.5. The first kappa shape index (κ1) is 20.2. The molecule has 4 rings (SSSR count). The summed E-state index contributed by atoms with van der Waals surface area (Å²) in [6.45, 7) is 12.6. The molecule has 1 heterocycles.